The monoisotopic (exact) mass is 421 g/mol. The molecule has 1 fully saturated rings. The third kappa shape index (κ3) is 4.43. The van der Waals surface area contributed by atoms with E-state index in [4.69, 9.17) is 4.98 Å². The molecule has 0 spiro atoms. The number of aromatic nitrogens is 2. The Kier molecular flexibility index (Phi) is 6.23. The van der Waals surface area contributed by atoms with Crippen molar-refractivity contribution in [2.75, 3.05) is 0 Å². The maximum Gasteiger partial charge on any atom is 0.266 e. The lowest BCUT2D eigenvalue weighted by atomic mass is 9.95. The van der Waals surface area contributed by atoms with Crippen molar-refractivity contribution in [3.05, 3.63) is 64.4 Å². The molecule has 2 aromatic carbocycles. The number of hydrogen-bond acceptors (Lipinski definition) is 4. The molecule has 3 aromatic rings. The molecule has 1 aromatic heterocycles. The maximum absolute atomic E-state index is 13.3. The van der Waals surface area contributed by atoms with E-state index in [0.29, 0.717) is 16.1 Å². The minimum absolute atomic E-state index is 0.00441. The van der Waals surface area contributed by atoms with Crippen LogP contribution in [0.25, 0.3) is 16.6 Å². The molecule has 1 N–H and O–H groups in total. The summed E-state index contributed by atoms with van der Waals surface area (Å²) in [4.78, 5) is 30.9. The molecule has 1 atom stereocenters. The summed E-state index contributed by atoms with van der Waals surface area (Å²) in [5.74, 6) is 0.00441. The van der Waals surface area contributed by atoms with Crippen molar-refractivity contribution < 1.29 is 4.79 Å². The summed E-state index contributed by atoms with van der Waals surface area (Å²) in [6.45, 7) is 3.89. The summed E-state index contributed by atoms with van der Waals surface area (Å²) in [6, 6.07) is 15.4. The van der Waals surface area contributed by atoms with Gasteiger partial charge in [-0.3, -0.25) is 14.2 Å². The van der Waals surface area contributed by atoms with Crippen molar-refractivity contribution in [2.24, 2.45) is 0 Å². The minimum Gasteiger partial charge on any atom is -0.352 e. The number of rotatable bonds is 5. The van der Waals surface area contributed by atoms with Crippen LogP contribution < -0.4 is 10.9 Å². The van der Waals surface area contributed by atoms with E-state index in [9.17, 15) is 9.59 Å². The lowest BCUT2D eigenvalue weighted by Gasteiger charge is -2.24. The van der Waals surface area contributed by atoms with E-state index in [1.165, 1.54) is 31.0 Å². The number of benzene rings is 2. The minimum atomic E-state index is -0.350. The lowest BCUT2D eigenvalue weighted by Crippen LogP contribution is -2.40. The molecule has 5 nitrogen and oxygen atoms in total. The summed E-state index contributed by atoms with van der Waals surface area (Å²) < 4.78 is 1.62. The zero-order chi connectivity index (χ0) is 21.1. The molecule has 1 aliphatic carbocycles. The van der Waals surface area contributed by atoms with Crippen LogP contribution in [-0.4, -0.2) is 26.8 Å². The maximum atomic E-state index is 13.3. The van der Waals surface area contributed by atoms with Crippen molar-refractivity contribution in [1.82, 2.24) is 14.9 Å². The van der Waals surface area contributed by atoms with Gasteiger partial charge in [-0.2, -0.15) is 0 Å². The summed E-state index contributed by atoms with van der Waals surface area (Å²) in [5.41, 5.74) is 2.40. The molecular formula is C24H27N3O2S. The predicted octanol–water partition coefficient (Wildman–Crippen LogP) is 4.62. The highest BCUT2D eigenvalue weighted by Crippen LogP contribution is 2.26. The molecular weight excluding hydrogens is 394 g/mol. The van der Waals surface area contributed by atoms with Crippen LogP contribution in [0.1, 0.15) is 44.6 Å². The Labute approximate surface area is 180 Å². The van der Waals surface area contributed by atoms with Gasteiger partial charge >= 0.3 is 0 Å². The summed E-state index contributed by atoms with van der Waals surface area (Å²) >= 11 is 1.33. The number of carbonyl (C=O) groups excluding carboxylic acids is 1. The predicted molar refractivity (Wildman–Crippen MR) is 122 cm³/mol. The summed E-state index contributed by atoms with van der Waals surface area (Å²) in [5, 5.41) is 3.94. The van der Waals surface area contributed by atoms with Crippen molar-refractivity contribution in [3.8, 4) is 5.69 Å². The van der Waals surface area contributed by atoms with Gasteiger partial charge in [0.2, 0.25) is 5.91 Å². The smallest absolute Gasteiger partial charge is 0.266 e. The number of hydrogen-bond donors (Lipinski definition) is 1. The zero-order valence-electron chi connectivity index (χ0n) is 17.4. The van der Waals surface area contributed by atoms with Gasteiger partial charge in [0.25, 0.3) is 5.56 Å². The van der Waals surface area contributed by atoms with Gasteiger partial charge < -0.3 is 5.32 Å². The molecule has 0 bridgehead atoms. The van der Waals surface area contributed by atoms with E-state index in [1.807, 2.05) is 56.3 Å². The van der Waals surface area contributed by atoms with Gasteiger partial charge in [-0.25, -0.2) is 4.98 Å². The highest BCUT2D eigenvalue weighted by atomic mass is 32.2. The molecule has 1 heterocycles. The highest BCUT2D eigenvalue weighted by Gasteiger charge is 2.23. The van der Waals surface area contributed by atoms with Crippen LogP contribution >= 0.6 is 11.8 Å². The average Bonchev–Trinajstić information content (AvgIpc) is 2.76. The second kappa shape index (κ2) is 9.04. The fourth-order valence-electron chi connectivity index (χ4n) is 3.89. The second-order valence-electron chi connectivity index (χ2n) is 7.99. The van der Waals surface area contributed by atoms with Crippen LogP contribution in [-0.2, 0) is 4.79 Å². The first-order chi connectivity index (χ1) is 14.5. The average molecular weight is 422 g/mol. The molecule has 0 saturated heterocycles. The van der Waals surface area contributed by atoms with E-state index in [1.54, 1.807) is 10.6 Å². The number of thioether (sulfide) groups is 1. The summed E-state index contributed by atoms with van der Waals surface area (Å²) in [6.07, 6.45) is 5.69. The highest BCUT2D eigenvalue weighted by molar-refractivity contribution is 8.00. The van der Waals surface area contributed by atoms with Gasteiger partial charge in [0.1, 0.15) is 0 Å². The fourth-order valence-corrected chi connectivity index (χ4v) is 4.83. The number of nitrogens with zero attached hydrogens (tertiary/aromatic N) is 2. The second-order valence-corrected chi connectivity index (χ2v) is 9.30. The number of amides is 1. The first kappa shape index (κ1) is 20.7. The molecule has 0 radical (unpaired) electrons. The van der Waals surface area contributed by atoms with Gasteiger partial charge in [0, 0.05) is 6.04 Å². The van der Waals surface area contributed by atoms with Crippen LogP contribution in [0, 0.1) is 6.92 Å². The number of nitrogens with one attached hydrogen (secondary N) is 1. The normalized spacial score (nSPS) is 15.8. The van der Waals surface area contributed by atoms with Gasteiger partial charge in [-0.05, 0) is 51.0 Å². The SMILES string of the molecule is Cc1ccc(-n2c(SC(C)C(=O)NC3CCCCC3)nc3ccccc3c2=O)cc1. The van der Waals surface area contributed by atoms with Gasteiger partial charge in [0.05, 0.1) is 21.8 Å². The van der Waals surface area contributed by atoms with Gasteiger partial charge in [0.15, 0.2) is 5.16 Å². The first-order valence-corrected chi connectivity index (χ1v) is 11.5. The fraction of sp³-hybridized carbons (Fsp3) is 0.375. The zero-order valence-corrected chi connectivity index (χ0v) is 18.2. The molecule has 156 valence electrons. The van der Waals surface area contributed by atoms with Crippen molar-refractivity contribution >= 4 is 28.6 Å². The topological polar surface area (TPSA) is 64.0 Å². The summed E-state index contributed by atoms with van der Waals surface area (Å²) in [7, 11) is 0. The molecule has 0 aliphatic heterocycles. The Morgan fingerprint density at radius 1 is 1.10 bits per heavy atom. The van der Waals surface area contributed by atoms with Gasteiger partial charge in [-0.1, -0.05) is 60.9 Å². The van der Waals surface area contributed by atoms with Crippen LogP contribution in [0.2, 0.25) is 0 Å². The van der Waals surface area contributed by atoms with Crippen molar-refractivity contribution in [1.29, 1.82) is 0 Å². The molecule has 4 rings (SSSR count). The van der Waals surface area contributed by atoms with Crippen LogP contribution in [0.5, 0.6) is 0 Å². The van der Waals surface area contributed by atoms with Gasteiger partial charge in [-0.15, -0.1) is 0 Å². The van der Waals surface area contributed by atoms with Crippen molar-refractivity contribution in [3.63, 3.8) is 0 Å². The number of aryl methyl sites for hydroxylation is 1. The third-order valence-corrected chi connectivity index (χ3v) is 6.69. The molecule has 30 heavy (non-hydrogen) atoms. The molecule has 1 amide bonds. The Morgan fingerprint density at radius 2 is 1.80 bits per heavy atom. The Morgan fingerprint density at radius 3 is 2.53 bits per heavy atom. The Hall–Kier alpha value is -2.60. The third-order valence-electron chi connectivity index (χ3n) is 5.64. The molecule has 1 aliphatic rings. The molecule has 1 unspecified atom stereocenters. The van der Waals surface area contributed by atoms with E-state index in [2.05, 4.69) is 5.32 Å². The standard InChI is InChI=1S/C24H27N3O2S/c1-16-12-14-19(15-13-16)27-23(29)20-10-6-7-11-21(20)26-24(27)30-17(2)22(28)25-18-8-4-3-5-9-18/h6-7,10-15,17-18H,3-5,8-9H2,1-2H3,(H,25,28). The first-order valence-electron chi connectivity index (χ1n) is 10.6. The lowest BCUT2D eigenvalue weighted by molar-refractivity contribution is -0.121. The Balaban J connectivity index is 1.68. The molecule has 6 heteroatoms. The van der Waals surface area contributed by atoms with E-state index in [0.717, 1.165) is 24.1 Å². The number of para-hydroxylation sites is 1. The van der Waals surface area contributed by atoms with Crippen LogP contribution in [0.4, 0.5) is 0 Å². The largest absolute Gasteiger partial charge is 0.352 e. The van der Waals surface area contributed by atoms with E-state index >= 15 is 0 Å². The van der Waals surface area contributed by atoms with Crippen molar-refractivity contribution in [2.45, 2.75) is 62.4 Å². The Bertz CT molecular complexity index is 1100. The number of carbonyl (C=O) groups is 1. The van der Waals surface area contributed by atoms with E-state index < -0.39 is 0 Å². The molecule has 1 saturated carbocycles. The quantitative estimate of drug-likeness (QED) is 0.482. The van der Waals surface area contributed by atoms with Crippen LogP contribution in [0.15, 0.2) is 58.5 Å². The number of fused-ring (bicyclic) bond motifs is 1. The van der Waals surface area contributed by atoms with Crippen LogP contribution in [0.3, 0.4) is 0 Å². The van der Waals surface area contributed by atoms with E-state index in [-0.39, 0.29) is 22.8 Å².